The summed E-state index contributed by atoms with van der Waals surface area (Å²) in [4.78, 5) is 10.8. The van der Waals surface area contributed by atoms with Crippen molar-refractivity contribution in [3.05, 3.63) is 58.8 Å². The Bertz CT molecular complexity index is 1210. The summed E-state index contributed by atoms with van der Waals surface area (Å²) in [7, 11) is 0. The largest absolute Gasteiger partial charge is 0.483 e. The van der Waals surface area contributed by atoms with E-state index in [9.17, 15) is 5.26 Å². The highest BCUT2D eigenvalue weighted by Gasteiger charge is 2.38. The molecule has 3 atom stereocenters. The summed E-state index contributed by atoms with van der Waals surface area (Å²) in [5.41, 5.74) is 4.91. The first kappa shape index (κ1) is 22.5. The van der Waals surface area contributed by atoms with Gasteiger partial charge in [0, 0.05) is 36.0 Å². The van der Waals surface area contributed by atoms with Crippen LogP contribution in [0.1, 0.15) is 41.8 Å². The molecule has 3 aliphatic rings. The molecule has 2 unspecified atom stereocenters. The Morgan fingerprint density at radius 2 is 1.91 bits per heavy atom. The quantitative estimate of drug-likeness (QED) is 0.580. The van der Waals surface area contributed by atoms with Gasteiger partial charge < -0.3 is 20.1 Å². The van der Waals surface area contributed by atoms with Gasteiger partial charge in [0.2, 0.25) is 0 Å². The van der Waals surface area contributed by atoms with Gasteiger partial charge in [-0.05, 0) is 50.1 Å². The van der Waals surface area contributed by atoms with E-state index in [1.165, 1.54) is 12.1 Å². The Kier molecular flexibility index (Phi) is 6.43. The number of nitrogens with one attached hydrogen (secondary N) is 1. The first-order valence-electron chi connectivity index (χ1n) is 11.0. The van der Waals surface area contributed by atoms with Crippen molar-refractivity contribution in [1.82, 2.24) is 10.2 Å². The number of aryl methyl sites for hydroxylation is 1. The summed E-state index contributed by atoms with van der Waals surface area (Å²) in [5.74, 6) is 0.769. The van der Waals surface area contributed by atoms with Crippen molar-refractivity contribution >= 4 is 28.7 Å². The third-order valence-corrected chi connectivity index (χ3v) is 6.39. The van der Waals surface area contributed by atoms with E-state index in [1.807, 2.05) is 26.0 Å². The summed E-state index contributed by atoms with van der Waals surface area (Å²) in [6.45, 7) is 7.72. The van der Waals surface area contributed by atoms with Crippen LogP contribution in [0.3, 0.4) is 0 Å². The van der Waals surface area contributed by atoms with Crippen LogP contribution >= 0.6 is 0 Å². The highest BCUT2D eigenvalue weighted by molar-refractivity contribution is 5.95. The molecule has 3 fully saturated rings. The van der Waals surface area contributed by atoms with Crippen LogP contribution in [0.15, 0.2) is 36.4 Å². The molecular formula is C25H27N5O3. The number of carboxylic acid groups (broad SMARTS) is 1. The van der Waals surface area contributed by atoms with Gasteiger partial charge in [-0.3, -0.25) is 4.79 Å². The molecule has 2 aromatic carbocycles. The van der Waals surface area contributed by atoms with E-state index in [-0.39, 0.29) is 12.5 Å². The molecule has 0 radical (unpaired) electrons. The zero-order valence-corrected chi connectivity index (χ0v) is 18.9. The van der Waals surface area contributed by atoms with Gasteiger partial charge in [-0.15, -0.1) is 5.10 Å². The Labute approximate surface area is 192 Å². The van der Waals surface area contributed by atoms with Crippen LogP contribution in [-0.2, 0) is 9.53 Å². The number of ether oxygens (including phenoxy) is 1. The number of hydrogen-bond donors (Lipinski definition) is 2. The fourth-order valence-electron chi connectivity index (χ4n) is 4.67. The SMILES string of the molecule is Cc1c(C#N)cccc1[C@@H](C)Nc1nnc(C)c2ccc(N3CC4CC(C3)O4)cc12.O=CO. The molecule has 8 heteroatoms. The lowest BCUT2D eigenvalue weighted by Crippen LogP contribution is -2.57. The highest BCUT2D eigenvalue weighted by atomic mass is 16.5. The van der Waals surface area contributed by atoms with Crippen molar-refractivity contribution in [2.24, 2.45) is 0 Å². The fourth-order valence-corrected chi connectivity index (χ4v) is 4.67. The molecule has 3 aromatic rings. The number of rotatable bonds is 4. The minimum Gasteiger partial charge on any atom is -0.483 e. The van der Waals surface area contributed by atoms with Gasteiger partial charge in [-0.1, -0.05) is 18.2 Å². The van der Waals surface area contributed by atoms with E-state index in [4.69, 9.17) is 14.6 Å². The third-order valence-electron chi connectivity index (χ3n) is 6.39. The van der Waals surface area contributed by atoms with Crippen molar-refractivity contribution in [3.63, 3.8) is 0 Å². The second-order valence-corrected chi connectivity index (χ2v) is 8.49. The van der Waals surface area contributed by atoms with Crippen molar-refractivity contribution < 1.29 is 14.6 Å². The molecule has 3 aliphatic heterocycles. The van der Waals surface area contributed by atoms with Crippen LogP contribution in [0, 0.1) is 25.2 Å². The van der Waals surface area contributed by atoms with Crippen molar-refractivity contribution in [2.45, 2.75) is 45.4 Å². The molecule has 33 heavy (non-hydrogen) atoms. The summed E-state index contributed by atoms with van der Waals surface area (Å²) in [6.07, 6.45) is 1.91. The van der Waals surface area contributed by atoms with E-state index < -0.39 is 0 Å². The number of piperidine rings is 1. The monoisotopic (exact) mass is 445 g/mol. The van der Waals surface area contributed by atoms with Gasteiger partial charge in [0.25, 0.3) is 6.47 Å². The number of anilines is 2. The molecule has 1 aromatic heterocycles. The fraction of sp³-hybridized carbons (Fsp3) is 0.360. The maximum atomic E-state index is 9.36. The van der Waals surface area contributed by atoms with Crippen molar-refractivity contribution in [2.75, 3.05) is 23.3 Å². The van der Waals surface area contributed by atoms with Crippen LogP contribution in [0.25, 0.3) is 10.8 Å². The van der Waals surface area contributed by atoms with Crippen LogP contribution in [-0.4, -0.2) is 47.1 Å². The maximum Gasteiger partial charge on any atom is 0.290 e. The highest BCUT2D eigenvalue weighted by Crippen LogP contribution is 2.35. The number of benzene rings is 2. The van der Waals surface area contributed by atoms with Crippen molar-refractivity contribution in [1.29, 1.82) is 5.26 Å². The first-order valence-corrected chi connectivity index (χ1v) is 11.0. The lowest BCUT2D eigenvalue weighted by Gasteiger charge is -2.48. The summed E-state index contributed by atoms with van der Waals surface area (Å²) in [6, 6.07) is 14.7. The second-order valence-electron chi connectivity index (χ2n) is 8.49. The molecule has 2 N–H and O–H groups in total. The number of nitriles is 1. The van der Waals surface area contributed by atoms with Gasteiger partial charge in [0.15, 0.2) is 5.82 Å². The van der Waals surface area contributed by atoms with Gasteiger partial charge in [-0.2, -0.15) is 10.4 Å². The summed E-state index contributed by atoms with van der Waals surface area (Å²) < 4.78 is 5.79. The molecule has 170 valence electrons. The number of hydrogen-bond acceptors (Lipinski definition) is 7. The number of morpholine rings is 1. The van der Waals surface area contributed by atoms with Gasteiger partial charge in [-0.25, -0.2) is 0 Å². The molecule has 4 heterocycles. The predicted molar refractivity (Wildman–Crippen MR) is 126 cm³/mol. The lowest BCUT2D eigenvalue weighted by atomic mass is 9.97. The van der Waals surface area contributed by atoms with E-state index >= 15 is 0 Å². The minimum atomic E-state index is -0.250. The molecular weight excluding hydrogens is 418 g/mol. The maximum absolute atomic E-state index is 9.36. The molecule has 0 saturated carbocycles. The van der Waals surface area contributed by atoms with E-state index in [0.717, 1.165) is 46.5 Å². The standard InChI is InChI=1S/C24H25N5O.CH2O2/c1-14-17(11-25)5-4-6-21(14)15(2)26-24-23-9-18(7-8-22(23)16(3)27-28-24)29-12-19-10-20(13-29)30-19;2-1-3/h4-9,15,19-20H,10,12-13H2,1-3H3,(H,26,28);1H,(H,2,3)/t15-,19?,20?;/m1./s1. The molecule has 0 aliphatic carbocycles. The van der Waals surface area contributed by atoms with Crippen molar-refractivity contribution in [3.8, 4) is 6.07 Å². The van der Waals surface area contributed by atoms with Crippen LogP contribution in [0.2, 0.25) is 0 Å². The molecule has 0 amide bonds. The molecule has 2 bridgehead atoms. The van der Waals surface area contributed by atoms with Gasteiger partial charge >= 0.3 is 0 Å². The normalized spacial score (nSPS) is 19.5. The summed E-state index contributed by atoms with van der Waals surface area (Å²) >= 11 is 0. The molecule has 3 saturated heterocycles. The van der Waals surface area contributed by atoms with E-state index in [1.54, 1.807) is 0 Å². The molecule has 8 nitrogen and oxygen atoms in total. The van der Waals surface area contributed by atoms with Gasteiger partial charge in [0.1, 0.15) is 0 Å². The Morgan fingerprint density at radius 1 is 1.21 bits per heavy atom. The zero-order chi connectivity index (χ0) is 23.5. The molecule has 0 spiro atoms. The van der Waals surface area contributed by atoms with E-state index in [2.05, 4.69) is 57.7 Å². The Hall–Kier alpha value is -3.70. The minimum absolute atomic E-state index is 0.00167. The Balaban J connectivity index is 0.000000821. The molecule has 6 rings (SSSR count). The van der Waals surface area contributed by atoms with Crippen LogP contribution in [0.4, 0.5) is 11.5 Å². The van der Waals surface area contributed by atoms with Gasteiger partial charge in [0.05, 0.1) is 35.6 Å². The van der Waals surface area contributed by atoms with Crippen LogP contribution < -0.4 is 10.2 Å². The third kappa shape index (κ3) is 4.45. The number of fused-ring (bicyclic) bond motifs is 3. The zero-order valence-electron chi connectivity index (χ0n) is 18.9. The number of nitrogens with zero attached hydrogens (tertiary/aromatic N) is 4. The Morgan fingerprint density at radius 3 is 2.58 bits per heavy atom. The number of carbonyl (C=O) groups is 1. The average Bonchev–Trinajstić information content (AvgIpc) is 2.81. The van der Waals surface area contributed by atoms with Crippen LogP contribution in [0.5, 0.6) is 0 Å². The second kappa shape index (κ2) is 9.43. The smallest absolute Gasteiger partial charge is 0.290 e. The predicted octanol–water partition coefficient (Wildman–Crippen LogP) is 3.97. The first-order chi connectivity index (χ1) is 15.9. The lowest BCUT2D eigenvalue weighted by molar-refractivity contribution is -0.133. The van der Waals surface area contributed by atoms with E-state index in [0.29, 0.717) is 17.8 Å². The summed E-state index contributed by atoms with van der Waals surface area (Å²) in [5, 5.41) is 30.8. The average molecular weight is 446 g/mol. The topological polar surface area (TPSA) is 111 Å². The number of aromatic nitrogens is 2.